The molecule has 0 saturated heterocycles. The van der Waals surface area contributed by atoms with Crippen LogP contribution in [0.2, 0.25) is 0 Å². The van der Waals surface area contributed by atoms with E-state index < -0.39 is 5.97 Å². The molecule has 0 aliphatic heterocycles. The van der Waals surface area contributed by atoms with Gasteiger partial charge in [0, 0.05) is 7.11 Å². The van der Waals surface area contributed by atoms with Crippen molar-refractivity contribution in [2.45, 2.75) is 6.92 Å². The summed E-state index contributed by atoms with van der Waals surface area (Å²) in [5.74, 6) is -0.114. The Hall–Kier alpha value is -1.79. The Balaban J connectivity index is 2.49. The van der Waals surface area contributed by atoms with Gasteiger partial charge < -0.3 is 24.7 Å². The molecule has 6 nitrogen and oxygen atoms in total. The van der Waals surface area contributed by atoms with E-state index in [2.05, 4.69) is 0 Å². The van der Waals surface area contributed by atoms with Crippen LogP contribution >= 0.6 is 0 Å². The summed E-state index contributed by atoms with van der Waals surface area (Å²) in [6, 6.07) is 4.98. The number of anilines is 1. The molecule has 0 atom stereocenters. The van der Waals surface area contributed by atoms with Crippen molar-refractivity contribution in [3.63, 3.8) is 0 Å². The van der Waals surface area contributed by atoms with Gasteiger partial charge in [-0.1, -0.05) is 6.07 Å². The van der Waals surface area contributed by atoms with Crippen molar-refractivity contribution in [2.75, 3.05) is 45.9 Å². The van der Waals surface area contributed by atoms with Crippen LogP contribution in [0.3, 0.4) is 0 Å². The number of nitrogens with two attached hydrogens (primary N) is 1. The minimum absolute atomic E-state index is 0.170. The first kappa shape index (κ1) is 16.3. The molecule has 0 saturated carbocycles. The molecule has 0 unspecified atom stereocenters. The van der Waals surface area contributed by atoms with Gasteiger partial charge in [-0.15, -0.1) is 0 Å². The van der Waals surface area contributed by atoms with E-state index >= 15 is 0 Å². The summed E-state index contributed by atoms with van der Waals surface area (Å²) in [7, 11) is 1.60. The first-order chi connectivity index (χ1) is 9.70. The van der Waals surface area contributed by atoms with Crippen LogP contribution in [-0.2, 0) is 14.2 Å². The number of para-hydroxylation sites is 1. The Labute approximate surface area is 118 Å². The lowest BCUT2D eigenvalue weighted by Gasteiger charge is -2.12. The average molecular weight is 283 g/mol. The Morgan fingerprint density at radius 1 is 1.20 bits per heavy atom. The number of ether oxygens (including phenoxy) is 4. The Kier molecular flexibility index (Phi) is 7.46. The predicted octanol–water partition coefficient (Wildman–Crippen LogP) is 1.49. The van der Waals surface area contributed by atoms with Gasteiger partial charge in [0.05, 0.1) is 32.1 Å². The monoisotopic (exact) mass is 283 g/mol. The molecule has 1 aromatic rings. The quantitative estimate of drug-likeness (QED) is 0.420. The second kappa shape index (κ2) is 9.17. The van der Waals surface area contributed by atoms with E-state index in [0.717, 1.165) is 0 Å². The molecule has 2 N–H and O–H groups in total. The molecule has 1 aromatic carbocycles. The van der Waals surface area contributed by atoms with Crippen molar-refractivity contribution < 1.29 is 23.7 Å². The second-order valence-corrected chi connectivity index (χ2v) is 3.90. The maximum absolute atomic E-state index is 11.9. The summed E-state index contributed by atoms with van der Waals surface area (Å²) < 4.78 is 20.5. The van der Waals surface area contributed by atoms with Gasteiger partial charge in [0.25, 0.3) is 0 Å². The number of benzene rings is 1. The number of rotatable bonds is 9. The summed E-state index contributed by atoms with van der Waals surface area (Å²) in [6.45, 7) is 3.72. The molecule has 0 aliphatic carbocycles. The number of hydrogen-bond donors (Lipinski definition) is 1. The van der Waals surface area contributed by atoms with Gasteiger partial charge in [0.2, 0.25) is 0 Å². The van der Waals surface area contributed by atoms with Gasteiger partial charge in [0.1, 0.15) is 12.2 Å². The first-order valence-electron chi connectivity index (χ1n) is 6.45. The molecule has 1 rings (SSSR count). The molecular formula is C14H21NO5. The van der Waals surface area contributed by atoms with Crippen LogP contribution in [-0.4, -0.2) is 46.1 Å². The number of carbonyl (C=O) groups is 1. The van der Waals surface area contributed by atoms with Crippen molar-refractivity contribution in [3.05, 3.63) is 23.8 Å². The summed E-state index contributed by atoms with van der Waals surface area (Å²) in [5, 5.41) is 0. The van der Waals surface area contributed by atoms with Crippen LogP contribution in [0.5, 0.6) is 5.75 Å². The van der Waals surface area contributed by atoms with Crippen molar-refractivity contribution >= 4 is 11.7 Å². The number of esters is 1. The van der Waals surface area contributed by atoms with E-state index in [-0.39, 0.29) is 6.61 Å². The molecule has 0 radical (unpaired) electrons. The van der Waals surface area contributed by atoms with E-state index in [1.54, 1.807) is 25.3 Å². The van der Waals surface area contributed by atoms with Crippen molar-refractivity contribution in [3.8, 4) is 5.75 Å². The van der Waals surface area contributed by atoms with Crippen molar-refractivity contribution in [2.24, 2.45) is 0 Å². The Bertz CT molecular complexity index is 422. The summed E-state index contributed by atoms with van der Waals surface area (Å²) in [4.78, 5) is 11.9. The minimum atomic E-state index is -0.476. The third kappa shape index (κ3) is 5.07. The van der Waals surface area contributed by atoms with Gasteiger partial charge in [-0.2, -0.15) is 0 Å². The molecule has 0 aliphatic rings. The van der Waals surface area contributed by atoms with Crippen molar-refractivity contribution in [1.29, 1.82) is 0 Å². The maximum Gasteiger partial charge on any atom is 0.342 e. The minimum Gasteiger partial charge on any atom is -0.491 e. The lowest BCUT2D eigenvalue weighted by molar-refractivity contribution is 0.0211. The molecule has 112 valence electrons. The fraction of sp³-hybridized carbons (Fsp3) is 0.500. The van der Waals surface area contributed by atoms with E-state index in [9.17, 15) is 4.79 Å². The molecule has 0 aromatic heterocycles. The van der Waals surface area contributed by atoms with Crippen molar-refractivity contribution in [1.82, 2.24) is 0 Å². The molecule has 0 heterocycles. The second-order valence-electron chi connectivity index (χ2n) is 3.90. The molecular weight excluding hydrogens is 262 g/mol. The number of methoxy groups -OCH3 is 1. The highest BCUT2D eigenvalue weighted by Crippen LogP contribution is 2.26. The highest BCUT2D eigenvalue weighted by atomic mass is 16.6. The molecule has 20 heavy (non-hydrogen) atoms. The van der Waals surface area contributed by atoms with E-state index in [0.29, 0.717) is 43.4 Å². The van der Waals surface area contributed by atoms with Gasteiger partial charge in [-0.05, 0) is 19.1 Å². The summed E-state index contributed by atoms with van der Waals surface area (Å²) in [5.41, 5.74) is 6.52. The maximum atomic E-state index is 11.9. The van der Waals surface area contributed by atoms with Crippen LogP contribution in [0.25, 0.3) is 0 Å². The van der Waals surface area contributed by atoms with Crippen LogP contribution in [0.15, 0.2) is 18.2 Å². The van der Waals surface area contributed by atoms with Crippen LogP contribution in [0.1, 0.15) is 17.3 Å². The predicted molar refractivity (Wildman–Crippen MR) is 75.0 cm³/mol. The zero-order valence-corrected chi connectivity index (χ0v) is 11.9. The number of hydrogen-bond acceptors (Lipinski definition) is 6. The standard InChI is InChI=1S/C14H21NO5/c1-3-19-13-11(5-4-6-12(13)15)14(16)20-10-9-18-8-7-17-2/h4-6H,3,7-10,15H2,1-2H3. The Morgan fingerprint density at radius 2 is 1.95 bits per heavy atom. The van der Waals surface area contributed by atoms with Crippen LogP contribution in [0.4, 0.5) is 5.69 Å². The Morgan fingerprint density at radius 3 is 2.65 bits per heavy atom. The lowest BCUT2D eigenvalue weighted by atomic mass is 10.2. The molecule has 0 fully saturated rings. The number of nitrogen functional groups attached to an aromatic ring is 1. The van der Waals surface area contributed by atoms with Gasteiger partial charge in [0.15, 0.2) is 5.75 Å². The van der Waals surface area contributed by atoms with Crippen LogP contribution in [0, 0.1) is 0 Å². The zero-order chi connectivity index (χ0) is 14.8. The third-order valence-electron chi connectivity index (χ3n) is 2.45. The van der Waals surface area contributed by atoms with E-state index in [1.165, 1.54) is 0 Å². The van der Waals surface area contributed by atoms with Gasteiger partial charge >= 0.3 is 5.97 Å². The average Bonchev–Trinajstić information content (AvgIpc) is 2.45. The topological polar surface area (TPSA) is 80.0 Å². The molecule has 6 heteroatoms. The SMILES string of the molecule is CCOc1c(N)cccc1C(=O)OCCOCCOC. The van der Waals surface area contributed by atoms with Gasteiger partial charge in [-0.3, -0.25) is 0 Å². The molecule has 0 bridgehead atoms. The fourth-order valence-corrected chi connectivity index (χ4v) is 1.54. The highest BCUT2D eigenvalue weighted by molar-refractivity contribution is 5.94. The highest BCUT2D eigenvalue weighted by Gasteiger charge is 2.16. The normalized spacial score (nSPS) is 10.3. The van der Waals surface area contributed by atoms with E-state index in [1.807, 2.05) is 6.92 Å². The van der Waals surface area contributed by atoms with E-state index in [4.69, 9.17) is 24.7 Å². The molecule has 0 amide bonds. The molecule has 0 spiro atoms. The lowest BCUT2D eigenvalue weighted by Crippen LogP contribution is -2.14. The largest absolute Gasteiger partial charge is 0.491 e. The number of carbonyl (C=O) groups excluding carboxylic acids is 1. The zero-order valence-electron chi connectivity index (χ0n) is 11.9. The van der Waals surface area contributed by atoms with Crippen LogP contribution < -0.4 is 10.5 Å². The smallest absolute Gasteiger partial charge is 0.342 e. The summed E-state index contributed by atoms with van der Waals surface area (Å²) >= 11 is 0. The third-order valence-corrected chi connectivity index (χ3v) is 2.45. The fourth-order valence-electron chi connectivity index (χ4n) is 1.54. The summed E-state index contributed by atoms with van der Waals surface area (Å²) in [6.07, 6.45) is 0. The van der Waals surface area contributed by atoms with Gasteiger partial charge in [-0.25, -0.2) is 4.79 Å². The first-order valence-corrected chi connectivity index (χ1v) is 6.45.